The Morgan fingerprint density at radius 3 is 2.70 bits per heavy atom. The monoisotopic (exact) mass is 495 g/mol. The van der Waals surface area contributed by atoms with Crippen molar-refractivity contribution in [2.75, 3.05) is 25.5 Å². The Hall–Kier alpha value is -4.91. The lowest BCUT2D eigenvalue weighted by atomic mass is 10.0. The minimum atomic E-state index is -0.320. The number of nitriles is 1. The van der Waals surface area contributed by atoms with Crippen molar-refractivity contribution >= 4 is 23.0 Å². The van der Waals surface area contributed by atoms with Crippen molar-refractivity contribution in [3.05, 3.63) is 78.9 Å². The van der Waals surface area contributed by atoms with Gasteiger partial charge in [0.2, 0.25) is 5.91 Å². The van der Waals surface area contributed by atoms with Crippen molar-refractivity contribution in [1.29, 1.82) is 5.26 Å². The summed E-state index contributed by atoms with van der Waals surface area (Å²) in [6, 6.07) is 11.1. The number of fused-ring (bicyclic) bond motifs is 1. The fourth-order valence-corrected chi connectivity index (χ4v) is 4.61. The Labute approximate surface area is 213 Å². The number of nitrogens with zero attached hydrogens (tertiary/aromatic N) is 6. The number of aromatic nitrogens is 4. The van der Waals surface area contributed by atoms with Crippen LogP contribution in [0.3, 0.4) is 0 Å². The van der Waals surface area contributed by atoms with Crippen LogP contribution in [0.4, 0.5) is 5.69 Å². The van der Waals surface area contributed by atoms with Crippen LogP contribution in [-0.4, -0.2) is 56.3 Å². The molecular weight excluding hydrogens is 470 g/mol. The lowest BCUT2D eigenvalue weighted by molar-refractivity contribution is -0.111. The van der Waals surface area contributed by atoms with Crippen molar-refractivity contribution in [2.45, 2.75) is 18.9 Å². The normalized spacial score (nSPS) is 13.8. The van der Waals surface area contributed by atoms with Gasteiger partial charge in [-0.05, 0) is 43.2 Å². The third kappa shape index (κ3) is 4.67. The number of hydrogen-bond acceptors (Lipinski definition) is 6. The zero-order valence-corrected chi connectivity index (χ0v) is 20.3. The number of benzene rings is 1. The highest BCUT2D eigenvalue weighted by atomic mass is 16.5. The number of piperidine rings is 1. The predicted octanol–water partition coefficient (Wildman–Crippen LogP) is 3.68. The number of carbonyl (C=O) groups is 2. The number of rotatable bonds is 6. The van der Waals surface area contributed by atoms with Gasteiger partial charge in [0, 0.05) is 47.9 Å². The van der Waals surface area contributed by atoms with Crippen LogP contribution >= 0.6 is 0 Å². The molecule has 1 aliphatic heterocycles. The van der Waals surface area contributed by atoms with Crippen molar-refractivity contribution < 1.29 is 14.3 Å². The maximum absolute atomic E-state index is 13.1. The first-order valence-electron chi connectivity index (χ1n) is 11.8. The fourth-order valence-electron chi connectivity index (χ4n) is 4.61. The summed E-state index contributed by atoms with van der Waals surface area (Å²) < 4.78 is 9.11. The molecule has 3 aromatic heterocycles. The molecule has 1 N–H and O–H groups in total. The Morgan fingerprint density at radius 1 is 1.16 bits per heavy atom. The molecule has 37 heavy (non-hydrogen) atoms. The quantitative estimate of drug-likeness (QED) is 0.408. The third-order valence-corrected chi connectivity index (χ3v) is 6.54. The maximum Gasteiger partial charge on any atom is 0.253 e. The van der Waals surface area contributed by atoms with Crippen LogP contribution in [-0.2, 0) is 4.79 Å². The van der Waals surface area contributed by atoms with Gasteiger partial charge in [-0.25, -0.2) is 4.52 Å². The zero-order chi connectivity index (χ0) is 25.9. The smallest absolute Gasteiger partial charge is 0.253 e. The standard InChI is InChI=1S/C27H25N7O3/c1-3-25(35)31-22-6-4-5-18(11-22)27(36)32-9-7-23(8-10-32)33-17-21(15-29-33)19-12-24(37-2)26-20(13-28)14-30-34(26)16-19/h3-6,11-12,14-17,23H,1,7-10H2,2H3,(H,31,35). The number of anilines is 1. The highest BCUT2D eigenvalue weighted by molar-refractivity contribution is 6.00. The molecule has 0 radical (unpaired) electrons. The van der Waals surface area contributed by atoms with E-state index >= 15 is 0 Å². The molecule has 5 rings (SSSR count). The van der Waals surface area contributed by atoms with Crippen LogP contribution in [0.25, 0.3) is 16.6 Å². The summed E-state index contributed by atoms with van der Waals surface area (Å²) in [5.74, 6) is 0.184. The van der Waals surface area contributed by atoms with Gasteiger partial charge >= 0.3 is 0 Å². The molecule has 2 amide bonds. The Morgan fingerprint density at radius 2 is 1.97 bits per heavy atom. The van der Waals surface area contributed by atoms with Crippen LogP contribution in [0.15, 0.2) is 67.8 Å². The maximum atomic E-state index is 13.1. The van der Waals surface area contributed by atoms with Gasteiger partial charge in [0.1, 0.15) is 22.9 Å². The van der Waals surface area contributed by atoms with E-state index in [1.54, 1.807) is 42.1 Å². The second kappa shape index (κ2) is 9.99. The molecule has 0 spiro atoms. The summed E-state index contributed by atoms with van der Waals surface area (Å²) in [6.07, 6.45) is 9.90. The van der Waals surface area contributed by atoms with E-state index in [0.29, 0.717) is 41.2 Å². The van der Waals surface area contributed by atoms with E-state index in [2.05, 4.69) is 28.2 Å². The van der Waals surface area contributed by atoms with Gasteiger partial charge in [-0.3, -0.25) is 14.3 Å². The average molecular weight is 496 g/mol. The minimum absolute atomic E-state index is 0.0642. The first kappa shape index (κ1) is 23.8. The molecule has 4 heterocycles. The SMILES string of the molecule is C=CC(=O)Nc1cccc(C(=O)N2CCC(n3cc(-c4cc(OC)c5c(C#N)cnn5c4)cn3)CC2)c1. The summed E-state index contributed by atoms with van der Waals surface area (Å²) in [5.41, 5.74) is 3.96. The number of hydrogen-bond donors (Lipinski definition) is 1. The third-order valence-electron chi connectivity index (χ3n) is 6.54. The topological polar surface area (TPSA) is 118 Å². The van der Waals surface area contributed by atoms with Gasteiger partial charge in [0.05, 0.1) is 25.5 Å². The van der Waals surface area contributed by atoms with E-state index in [1.807, 2.05) is 28.0 Å². The molecule has 0 saturated carbocycles. The van der Waals surface area contributed by atoms with Crippen molar-refractivity contribution in [3.8, 4) is 22.9 Å². The Kier molecular flexibility index (Phi) is 6.43. The summed E-state index contributed by atoms with van der Waals surface area (Å²) in [6.45, 7) is 4.65. The molecular formula is C27H25N7O3. The van der Waals surface area contributed by atoms with Crippen molar-refractivity contribution in [2.24, 2.45) is 0 Å². The molecule has 0 bridgehead atoms. The van der Waals surface area contributed by atoms with Gasteiger partial charge in [-0.2, -0.15) is 15.5 Å². The highest BCUT2D eigenvalue weighted by Gasteiger charge is 2.25. The largest absolute Gasteiger partial charge is 0.494 e. The Bertz CT molecular complexity index is 1540. The van der Waals surface area contributed by atoms with E-state index in [4.69, 9.17) is 4.74 Å². The summed E-state index contributed by atoms with van der Waals surface area (Å²) in [5, 5.41) is 20.9. The van der Waals surface area contributed by atoms with E-state index < -0.39 is 0 Å². The summed E-state index contributed by atoms with van der Waals surface area (Å²) in [4.78, 5) is 26.5. The van der Waals surface area contributed by atoms with Crippen LogP contribution in [0.5, 0.6) is 5.75 Å². The van der Waals surface area contributed by atoms with Gasteiger partial charge < -0.3 is 15.0 Å². The molecule has 0 unspecified atom stereocenters. The first-order chi connectivity index (χ1) is 18.0. The van der Waals surface area contributed by atoms with Crippen molar-refractivity contribution in [1.82, 2.24) is 24.3 Å². The van der Waals surface area contributed by atoms with Crippen LogP contribution < -0.4 is 10.1 Å². The van der Waals surface area contributed by atoms with Gasteiger partial charge in [0.25, 0.3) is 5.91 Å². The molecule has 0 atom stereocenters. The summed E-state index contributed by atoms with van der Waals surface area (Å²) >= 11 is 0. The fraction of sp³-hybridized carbons (Fsp3) is 0.222. The molecule has 1 aromatic carbocycles. The molecule has 1 fully saturated rings. The van der Waals surface area contributed by atoms with Gasteiger partial charge in [-0.15, -0.1) is 0 Å². The second-order valence-corrected chi connectivity index (χ2v) is 8.77. The average Bonchev–Trinajstić information content (AvgIpc) is 3.60. The molecule has 186 valence electrons. The number of methoxy groups -OCH3 is 1. The summed E-state index contributed by atoms with van der Waals surface area (Å²) in [7, 11) is 1.57. The highest BCUT2D eigenvalue weighted by Crippen LogP contribution is 2.31. The number of pyridine rings is 1. The lowest BCUT2D eigenvalue weighted by Gasteiger charge is -2.32. The lowest BCUT2D eigenvalue weighted by Crippen LogP contribution is -2.39. The van der Waals surface area contributed by atoms with Crippen LogP contribution in [0, 0.1) is 11.3 Å². The number of amides is 2. The van der Waals surface area contributed by atoms with Crippen molar-refractivity contribution in [3.63, 3.8) is 0 Å². The Balaban J connectivity index is 1.27. The number of ether oxygens (including phenoxy) is 1. The molecule has 1 saturated heterocycles. The van der Waals surface area contributed by atoms with E-state index in [9.17, 15) is 14.9 Å². The van der Waals surface area contributed by atoms with Crippen LogP contribution in [0.1, 0.15) is 34.8 Å². The predicted molar refractivity (Wildman–Crippen MR) is 137 cm³/mol. The molecule has 10 nitrogen and oxygen atoms in total. The first-order valence-corrected chi connectivity index (χ1v) is 11.8. The minimum Gasteiger partial charge on any atom is -0.494 e. The number of likely N-dealkylation sites (tertiary alicyclic amines) is 1. The zero-order valence-electron chi connectivity index (χ0n) is 20.3. The molecule has 10 heteroatoms. The molecule has 4 aromatic rings. The number of nitrogens with one attached hydrogen (secondary N) is 1. The second-order valence-electron chi connectivity index (χ2n) is 8.77. The molecule has 0 aliphatic carbocycles. The van der Waals surface area contributed by atoms with Gasteiger partial charge in [-0.1, -0.05) is 12.6 Å². The molecule has 1 aliphatic rings. The van der Waals surface area contributed by atoms with E-state index in [0.717, 1.165) is 24.0 Å². The van der Waals surface area contributed by atoms with E-state index in [-0.39, 0.29) is 17.9 Å². The van der Waals surface area contributed by atoms with Crippen LogP contribution in [0.2, 0.25) is 0 Å². The number of carbonyl (C=O) groups excluding carboxylic acids is 2. The van der Waals surface area contributed by atoms with Gasteiger partial charge in [0.15, 0.2) is 0 Å². The van der Waals surface area contributed by atoms with E-state index in [1.165, 1.54) is 12.3 Å².